The quantitative estimate of drug-likeness (QED) is 0.380. The van der Waals surface area contributed by atoms with Crippen LogP contribution in [0.25, 0.3) is 0 Å². The zero-order valence-corrected chi connectivity index (χ0v) is 12.5. The second-order valence-electron chi connectivity index (χ2n) is 4.20. The lowest BCUT2D eigenvalue weighted by atomic mass is 10.2. The number of rotatable bonds is 4. The molecule has 2 aromatic rings. The Balaban J connectivity index is 2.74. The third-order valence-electron chi connectivity index (χ3n) is 2.73. The Hall–Kier alpha value is -2.36. The van der Waals surface area contributed by atoms with E-state index in [2.05, 4.69) is 0 Å². The summed E-state index contributed by atoms with van der Waals surface area (Å²) < 4.78 is 33.3. The van der Waals surface area contributed by atoms with Gasteiger partial charge in [0.05, 0.1) is 21.3 Å². The number of benzene rings is 2. The maximum atomic E-state index is 11.7. The minimum atomic E-state index is -4.76. The molecule has 116 valence electrons. The van der Waals surface area contributed by atoms with Gasteiger partial charge in [-0.1, -0.05) is 29.8 Å². The fraction of sp³-hybridized carbons (Fsp3) is 0. The molecule has 22 heavy (non-hydrogen) atoms. The summed E-state index contributed by atoms with van der Waals surface area (Å²) in [6.07, 6.45) is 0. The smallest absolute Gasteiger partial charge is 0.364 e. The van der Waals surface area contributed by atoms with Crippen molar-refractivity contribution in [3.8, 4) is 0 Å². The van der Waals surface area contributed by atoms with Gasteiger partial charge in [0.25, 0.3) is 5.69 Å². The number of nitrogens with zero attached hydrogens (tertiary/aromatic N) is 2. The van der Waals surface area contributed by atoms with E-state index in [4.69, 9.17) is 17.3 Å². The molecule has 0 fully saturated rings. The van der Waals surface area contributed by atoms with Crippen LogP contribution in [0, 0.1) is 10.1 Å². The number of nitrogens with two attached hydrogens (primary N) is 1. The van der Waals surface area contributed by atoms with Gasteiger partial charge in [-0.25, -0.2) is 4.31 Å². The Morgan fingerprint density at radius 3 is 2.32 bits per heavy atom. The van der Waals surface area contributed by atoms with E-state index >= 15 is 0 Å². The first-order chi connectivity index (χ1) is 10.2. The van der Waals surface area contributed by atoms with Crippen molar-refractivity contribution in [2.24, 2.45) is 0 Å². The highest BCUT2D eigenvalue weighted by Gasteiger charge is 2.27. The van der Waals surface area contributed by atoms with E-state index in [1.54, 1.807) is 6.07 Å². The zero-order chi connectivity index (χ0) is 16.5. The Labute approximate surface area is 130 Å². The lowest BCUT2D eigenvalue weighted by Crippen LogP contribution is -2.25. The summed E-state index contributed by atoms with van der Waals surface area (Å²) in [6, 6.07) is 9.44. The molecule has 0 atom stereocenters. The average molecular weight is 344 g/mol. The highest BCUT2D eigenvalue weighted by atomic mass is 35.5. The van der Waals surface area contributed by atoms with Crippen LogP contribution in [0.2, 0.25) is 5.02 Å². The van der Waals surface area contributed by atoms with Gasteiger partial charge in [0, 0.05) is 6.07 Å². The van der Waals surface area contributed by atoms with Crippen LogP contribution in [0.3, 0.4) is 0 Å². The van der Waals surface area contributed by atoms with E-state index in [1.807, 2.05) is 0 Å². The van der Waals surface area contributed by atoms with Gasteiger partial charge in [-0.05, 0) is 18.2 Å². The Bertz CT molecular complexity index is 826. The third-order valence-corrected chi connectivity index (χ3v) is 3.90. The molecule has 0 heterocycles. The summed E-state index contributed by atoms with van der Waals surface area (Å²) in [5.74, 6) is 0. The first-order valence-corrected chi connectivity index (χ1v) is 7.55. The molecule has 0 aromatic heterocycles. The van der Waals surface area contributed by atoms with Crippen LogP contribution >= 0.6 is 11.6 Å². The molecule has 0 spiro atoms. The standard InChI is InChI=1S/C12H10ClN3O5S/c13-9-6-10(14)12(16(17)18)7-11(9)15(22(19,20)21)8-4-2-1-3-5-8/h1-7H,14H2,(H,19,20,21). The Kier molecular flexibility index (Phi) is 4.22. The maximum Gasteiger partial charge on any atom is 0.364 e. The van der Waals surface area contributed by atoms with Gasteiger partial charge in [0.2, 0.25) is 0 Å². The van der Waals surface area contributed by atoms with Crippen molar-refractivity contribution < 1.29 is 17.9 Å². The highest BCUT2D eigenvalue weighted by Crippen LogP contribution is 2.39. The van der Waals surface area contributed by atoms with Crippen molar-refractivity contribution in [3.05, 3.63) is 57.6 Å². The second kappa shape index (κ2) is 5.79. The predicted molar refractivity (Wildman–Crippen MR) is 82.6 cm³/mol. The normalized spacial score (nSPS) is 11.2. The van der Waals surface area contributed by atoms with Crippen LogP contribution in [-0.4, -0.2) is 17.9 Å². The Morgan fingerprint density at radius 1 is 1.23 bits per heavy atom. The minimum absolute atomic E-state index is 0.0611. The number of nitrogen functional groups attached to an aromatic ring is 1. The van der Waals surface area contributed by atoms with E-state index < -0.39 is 20.9 Å². The van der Waals surface area contributed by atoms with Gasteiger partial charge in [0.1, 0.15) is 5.69 Å². The maximum absolute atomic E-state index is 11.7. The number of anilines is 3. The molecule has 0 bridgehead atoms. The summed E-state index contributed by atoms with van der Waals surface area (Å²) in [6.45, 7) is 0. The molecule has 0 aliphatic heterocycles. The highest BCUT2D eigenvalue weighted by molar-refractivity contribution is 7.87. The number of nitro groups is 1. The second-order valence-corrected chi connectivity index (χ2v) is 5.87. The van der Waals surface area contributed by atoms with Crippen molar-refractivity contribution in [2.75, 3.05) is 10.0 Å². The van der Waals surface area contributed by atoms with Gasteiger partial charge in [-0.2, -0.15) is 8.42 Å². The number of hydrogen-bond donors (Lipinski definition) is 2. The summed E-state index contributed by atoms with van der Waals surface area (Å²) in [4.78, 5) is 10.2. The first kappa shape index (κ1) is 16.0. The van der Waals surface area contributed by atoms with Gasteiger partial charge in [0.15, 0.2) is 0 Å². The molecular weight excluding hydrogens is 334 g/mol. The zero-order valence-electron chi connectivity index (χ0n) is 10.9. The molecular formula is C12H10ClN3O5S. The van der Waals surface area contributed by atoms with E-state index in [9.17, 15) is 23.1 Å². The lowest BCUT2D eigenvalue weighted by Gasteiger charge is -2.22. The van der Waals surface area contributed by atoms with Crippen LogP contribution in [0.1, 0.15) is 0 Å². The number of halogens is 1. The van der Waals surface area contributed by atoms with Crippen LogP contribution in [0.4, 0.5) is 22.7 Å². The first-order valence-electron chi connectivity index (χ1n) is 5.78. The van der Waals surface area contributed by atoms with Crippen molar-refractivity contribution in [3.63, 3.8) is 0 Å². The van der Waals surface area contributed by atoms with Gasteiger partial charge < -0.3 is 5.73 Å². The summed E-state index contributed by atoms with van der Waals surface area (Å²) in [5.41, 5.74) is 4.52. The molecule has 10 heteroatoms. The molecule has 0 saturated carbocycles. The van der Waals surface area contributed by atoms with E-state index in [0.29, 0.717) is 4.31 Å². The fourth-order valence-corrected chi connectivity index (χ4v) is 2.93. The van der Waals surface area contributed by atoms with E-state index in [1.165, 1.54) is 24.3 Å². The van der Waals surface area contributed by atoms with Crippen molar-refractivity contribution >= 4 is 44.7 Å². The molecule has 8 nitrogen and oxygen atoms in total. The molecule has 3 N–H and O–H groups in total. The molecule has 2 aromatic carbocycles. The number of para-hydroxylation sites is 1. The van der Waals surface area contributed by atoms with Crippen LogP contribution in [-0.2, 0) is 10.3 Å². The van der Waals surface area contributed by atoms with Crippen molar-refractivity contribution in [1.29, 1.82) is 0 Å². The molecule has 2 rings (SSSR count). The molecule has 0 aliphatic rings. The minimum Gasteiger partial charge on any atom is -0.393 e. The third kappa shape index (κ3) is 3.11. The number of hydrogen-bond acceptors (Lipinski definition) is 5. The van der Waals surface area contributed by atoms with Crippen LogP contribution in [0.5, 0.6) is 0 Å². The molecule has 0 saturated heterocycles. The SMILES string of the molecule is Nc1cc(Cl)c(N(c2ccccc2)S(=O)(=O)O)cc1[N+](=O)[O-]. The Morgan fingerprint density at radius 2 is 1.82 bits per heavy atom. The summed E-state index contributed by atoms with van der Waals surface area (Å²) in [5, 5.41) is 10.8. The topological polar surface area (TPSA) is 127 Å². The van der Waals surface area contributed by atoms with E-state index in [0.717, 1.165) is 12.1 Å². The van der Waals surface area contributed by atoms with Gasteiger partial charge >= 0.3 is 10.3 Å². The van der Waals surface area contributed by atoms with Crippen molar-refractivity contribution in [1.82, 2.24) is 0 Å². The van der Waals surface area contributed by atoms with Crippen molar-refractivity contribution in [2.45, 2.75) is 0 Å². The lowest BCUT2D eigenvalue weighted by molar-refractivity contribution is -0.383. The number of nitro benzene ring substituents is 1. The van der Waals surface area contributed by atoms with Gasteiger partial charge in [-0.3, -0.25) is 14.7 Å². The average Bonchev–Trinajstić information content (AvgIpc) is 2.41. The largest absolute Gasteiger partial charge is 0.393 e. The molecule has 0 unspecified atom stereocenters. The van der Waals surface area contributed by atoms with Crippen LogP contribution in [0.15, 0.2) is 42.5 Å². The summed E-state index contributed by atoms with van der Waals surface area (Å²) >= 11 is 5.94. The summed E-state index contributed by atoms with van der Waals surface area (Å²) in [7, 11) is -4.76. The monoisotopic (exact) mass is 343 g/mol. The fourth-order valence-electron chi connectivity index (χ4n) is 1.84. The van der Waals surface area contributed by atoms with E-state index in [-0.39, 0.29) is 22.1 Å². The predicted octanol–water partition coefficient (Wildman–Crippen LogP) is 2.77. The van der Waals surface area contributed by atoms with Gasteiger partial charge in [-0.15, -0.1) is 0 Å². The molecule has 0 aliphatic carbocycles. The molecule has 0 radical (unpaired) electrons. The molecule has 0 amide bonds. The van der Waals surface area contributed by atoms with Crippen LogP contribution < -0.4 is 10.0 Å².